The van der Waals surface area contributed by atoms with Crippen LogP contribution in [0.4, 0.5) is 11.4 Å². The summed E-state index contributed by atoms with van der Waals surface area (Å²) in [6.45, 7) is 13.7. The summed E-state index contributed by atoms with van der Waals surface area (Å²) >= 11 is 0. The average molecular weight is 783 g/mol. The average Bonchev–Trinajstić information content (AvgIpc) is 3.80. The third kappa shape index (κ3) is 6.54. The van der Waals surface area contributed by atoms with Gasteiger partial charge in [-0.15, -0.1) is 0 Å². The van der Waals surface area contributed by atoms with Gasteiger partial charge in [-0.05, 0) is 86.7 Å². The minimum Gasteiger partial charge on any atom is -0.492 e. The van der Waals surface area contributed by atoms with Crippen LogP contribution in [0.5, 0.6) is 34.5 Å². The van der Waals surface area contributed by atoms with Crippen LogP contribution in [0.1, 0.15) is 86.4 Å². The lowest BCUT2D eigenvalue weighted by Gasteiger charge is -2.22. The molecule has 2 aliphatic heterocycles. The highest BCUT2D eigenvalue weighted by atomic mass is 16.5. The predicted molar refractivity (Wildman–Crippen MR) is 233 cm³/mol. The molecule has 2 aliphatic rings. The van der Waals surface area contributed by atoms with Gasteiger partial charge < -0.3 is 39.3 Å². The number of benzene rings is 6. The summed E-state index contributed by atoms with van der Waals surface area (Å²) in [5, 5.41) is 4.19. The molecule has 0 fully saturated rings. The van der Waals surface area contributed by atoms with Crippen molar-refractivity contribution < 1.29 is 28.4 Å². The second-order valence-electron chi connectivity index (χ2n) is 14.8. The van der Waals surface area contributed by atoms with Crippen LogP contribution >= 0.6 is 0 Å². The van der Waals surface area contributed by atoms with E-state index in [9.17, 15) is 0 Å². The molecule has 0 aliphatic carbocycles. The van der Waals surface area contributed by atoms with Gasteiger partial charge in [-0.3, -0.25) is 0 Å². The van der Waals surface area contributed by atoms with Crippen molar-refractivity contribution in [2.75, 3.05) is 38.3 Å². The van der Waals surface area contributed by atoms with Crippen LogP contribution in [0.15, 0.2) is 72.8 Å². The highest BCUT2D eigenvalue weighted by Gasteiger charge is 2.41. The van der Waals surface area contributed by atoms with Gasteiger partial charge in [-0.2, -0.15) is 10.9 Å². The molecule has 58 heavy (non-hydrogen) atoms. The summed E-state index contributed by atoms with van der Waals surface area (Å²) < 4.78 is 39.7. The van der Waals surface area contributed by atoms with Gasteiger partial charge in [0, 0.05) is 44.4 Å². The second kappa shape index (κ2) is 16.6. The quantitative estimate of drug-likeness (QED) is 0.0669. The Bertz CT molecular complexity index is 2300. The highest BCUT2D eigenvalue weighted by molar-refractivity contribution is 6.10. The monoisotopic (exact) mass is 782 g/mol. The molecule has 6 aromatic rings. The summed E-state index contributed by atoms with van der Waals surface area (Å²) in [7, 11) is 3.42. The molecular formula is C48H54N4O6. The number of hydrazine groups is 2. The zero-order valence-corrected chi connectivity index (χ0v) is 34.8. The second-order valence-corrected chi connectivity index (χ2v) is 14.8. The van der Waals surface area contributed by atoms with Crippen LogP contribution in [0.2, 0.25) is 0 Å². The SMILES string of the molecule is CCCc1c(OCC)c(OC)c2c3c(c(-c4c(C)cc5c(CCC)c(OCC)c(OC)c6c5c4OC6NNc4ccccc4)c(C)cc13)OC2NNc1ccccc1. The number of methoxy groups -OCH3 is 2. The molecule has 2 heterocycles. The Labute approximate surface area is 341 Å². The molecule has 8 rings (SSSR count). The van der Waals surface area contributed by atoms with Gasteiger partial charge in [0.1, 0.15) is 11.5 Å². The third-order valence-corrected chi connectivity index (χ3v) is 11.1. The van der Waals surface area contributed by atoms with E-state index in [0.717, 1.165) is 126 Å². The van der Waals surface area contributed by atoms with Crippen LogP contribution < -0.4 is 50.1 Å². The Morgan fingerprint density at radius 3 is 1.29 bits per heavy atom. The number of nitrogens with one attached hydrogen (secondary N) is 4. The fourth-order valence-electron chi connectivity index (χ4n) is 8.83. The molecule has 4 N–H and O–H groups in total. The molecule has 0 spiro atoms. The van der Waals surface area contributed by atoms with Gasteiger partial charge >= 0.3 is 0 Å². The summed E-state index contributed by atoms with van der Waals surface area (Å²) in [5.74, 6) is 4.41. The topological polar surface area (TPSA) is 104 Å². The maximum Gasteiger partial charge on any atom is 0.197 e. The number of rotatable bonds is 17. The molecule has 0 bridgehead atoms. The van der Waals surface area contributed by atoms with Gasteiger partial charge in [-0.1, -0.05) is 75.2 Å². The third-order valence-electron chi connectivity index (χ3n) is 11.1. The fourth-order valence-corrected chi connectivity index (χ4v) is 8.83. The van der Waals surface area contributed by atoms with E-state index >= 15 is 0 Å². The van der Waals surface area contributed by atoms with Crippen molar-refractivity contribution in [1.29, 1.82) is 0 Å². The predicted octanol–water partition coefficient (Wildman–Crippen LogP) is 11.0. The van der Waals surface area contributed by atoms with E-state index in [0.29, 0.717) is 24.7 Å². The molecule has 2 unspecified atom stereocenters. The molecule has 10 heteroatoms. The van der Waals surface area contributed by atoms with Crippen molar-refractivity contribution in [3.8, 4) is 45.6 Å². The zero-order chi connectivity index (χ0) is 40.5. The smallest absolute Gasteiger partial charge is 0.197 e. The lowest BCUT2D eigenvalue weighted by Crippen LogP contribution is -2.30. The first-order valence-corrected chi connectivity index (χ1v) is 20.5. The van der Waals surface area contributed by atoms with Crippen molar-refractivity contribution in [3.63, 3.8) is 0 Å². The van der Waals surface area contributed by atoms with Gasteiger partial charge in [-0.25, -0.2) is 0 Å². The van der Waals surface area contributed by atoms with Crippen molar-refractivity contribution in [2.45, 2.75) is 79.7 Å². The van der Waals surface area contributed by atoms with E-state index in [4.69, 9.17) is 28.4 Å². The van der Waals surface area contributed by atoms with Crippen LogP contribution in [-0.4, -0.2) is 27.4 Å². The maximum atomic E-state index is 7.16. The minimum absolute atomic E-state index is 0.505. The molecule has 2 atom stereocenters. The van der Waals surface area contributed by atoms with Gasteiger partial charge in [0.05, 0.1) is 38.6 Å². The van der Waals surface area contributed by atoms with Crippen LogP contribution in [0, 0.1) is 13.8 Å². The minimum atomic E-state index is -0.608. The zero-order valence-electron chi connectivity index (χ0n) is 34.8. The summed E-state index contributed by atoms with van der Waals surface area (Å²) in [6, 6.07) is 24.6. The normalized spacial score (nSPS) is 15.0. The van der Waals surface area contributed by atoms with E-state index in [2.05, 4.69) is 61.5 Å². The number of ether oxygens (including phenoxy) is 6. The van der Waals surface area contributed by atoms with Crippen LogP contribution in [0.25, 0.3) is 32.7 Å². The number of para-hydroxylation sites is 2. The van der Waals surface area contributed by atoms with E-state index < -0.39 is 12.5 Å². The van der Waals surface area contributed by atoms with Crippen molar-refractivity contribution in [1.82, 2.24) is 10.9 Å². The first-order valence-electron chi connectivity index (χ1n) is 20.5. The summed E-state index contributed by atoms with van der Waals surface area (Å²) in [4.78, 5) is 0. The van der Waals surface area contributed by atoms with E-state index in [1.54, 1.807) is 14.2 Å². The Morgan fingerprint density at radius 2 is 0.948 bits per heavy atom. The van der Waals surface area contributed by atoms with Gasteiger partial charge in [0.2, 0.25) is 0 Å². The number of aryl methyl sites for hydroxylation is 4. The molecule has 302 valence electrons. The molecule has 0 saturated heterocycles. The van der Waals surface area contributed by atoms with E-state index in [1.165, 1.54) is 0 Å². The highest BCUT2D eigenvalue weighted by Crippen LogP contribution is 2.60. The summed E-state index contributed by atoms with van der Waals surface area (Å²) in [6.07, 6.45) is 2.29. The number of anilines is 2. The Kier molecular flexibility index (Phi) is 11.1. The number of hydrogen-bond donors (Lipinski definition) is 4. The van der Waals surface area contributed by atoms with E-state index in [1.807, 2.05) is 74.5 Å². The van der Waals surface area contributed by atoms with Gasteiger partial charge in [0.15, 0.2) is 35.5 Å². The maximum absolute atomic E-state index is 7.16. The van der Waals surface area contributed by atoms with E-state index in [-0.39, 0.29) is 0 Å². The first kappa shape index (κ1) is 39.0. The number of hydrogen-bond acceptors (Lipinski definition) is 10. The Hall–Kier alpha value is -5.84. The van der Waals surface area contributed by atoms with Crippen molar-refractivity contribution in [3.05, 3.63) is 106 Å². The molecule has 0 aromatic heterocycles. The van der Waals surface area contributed by atoms with Crippen LogP contribution in [-0.2, 0) is 12.8 Å². The largest absolute Gasteiger partial charge is 0.492 e. The first-order chi connectivity index (χ1) is 28.4. The molecule has 10 nitrogen and oxygen atoms in total. The molecule has 0 radical (unpaired) electrons. The lowest BCUT2D eigenvalue weighted by atomic mass is 9.85. The summed E-state index contributed by atoms with van der Waals surface area (Å²) in [5.41, 5.74) is 23.6. The molecule has 0 saturated carbocycles. The van der Waals surface area contributed by atoms with Crippen molar-refractivity contribution in [2.24, 2.45) is 0 Å². The fraction of sp³-hybridized carbons (Fsp3) is 0.333. The Balaban J connectivity index is 1.40. The molecule has 0 amide bonds. The standard InChI is InChI=1S/C48H54N4O6/c1-9-19-31-33-25-27(5)35(43-37(33)39(45(53-7)41(31)55-11-3)47(57-43)51-49-29-21-15-13-16-22-29)36-28(6)26-34-32(20-10-2)42(56-12-4)46(54-8)40-38(34)44(36)58-48(40)52-50-30-23-17-14-18-24-30/h13-18,21-26,47-52H,9-12,19-20H2,1-8H3. The van der Waals surface area contributed by atoms with Gasteiger partial charge in [0.25, 0.3) is 0 Å². The Morgan fingerprint density at radius 1 is 0.552 bits per heavy atom. The molecule has 6 aromatic carbocycles. The van der Waals surface area contributed by atoms with Crippen LogP contribution in [0.3, 0.4) is 0 Å². The molecular weight excluding hydrogens is 729 g/mol. The van der Waals surface area contributed by atoms with Crippen molar-refractivity contribution >= 4 is 32.9 Å². The lowest BCUT2D eigenvalue weighted by molar-refractivity contribution is 0.186.